The minimum absolute atomic E-state index is 0.561. The van der Waals surface area contributed by atoms with E-state index >= 15 is 0 Å². The van der Waals surface area contributed by atoms with Gasteiger partial charge in [0.15, 0.2) is 0 Å². The lowest BCUT2D eigenvalue weighted by Crippen LogP contribution is -2.41. The maximum absolute atomic E-state index is 10.8. The van der Waals surface area contributed by atoms with Crippen molar-refractivity contribution in [3.8, 4) is 0 Å². The number of hydrogen-bond acceptors (Lipinski definition) is 2. The fourth-order valence-corrected chi connectivity index (χ4v) is 0.941. The van der Waals surface area contributed by atoms with Crippen LogP contribution in [-0.2, 0) is 9.84 Å². The molecule has 1 heterocycles. The third-order valence-electron chi connectivity index (χ3n) is 1.56. The second kappa shape index (κ2) is 3.15. The quantitative estimate of drug-likeness (QED) is 0.504. The van der Waals surface area contributed by atoms with Gasteiger partial charge in [0.05, 0.1) is 13.2 Å². The summed E-state index contributed by atoms with van der Waals surface area (Å²) in [4.78, 5) is 1.88. The Morgan fingerprint density at radius 1 is 1.44 bits per heavy atom. The molecule has 53 valence electrons. The van der Waals surface area contributed by atoms with Crippen LogP contribution in [-0.4, -0.2) is 37.4 Å². The Morgan fingerprint density at radius 2 is 2.00 bits per heavy atom. The monoisotopic (exact) mass is 130 g/mol. The molecule has 0 aromatic carbocycles. The molecule has 3 heteroatoms. The van der Waals surface area contributed by atoms with Gasteiger partial charge in [-0.15, -0.1) is 0 Å². The van der Waals surface area contributed by atoms with E-state index in [-0.39, 0.29) is 0 Å². The van der Waals surface area contributed by atoms with Crippen LogP contribution in [0.15, 0.2) is 0 Å². The van der Waals surface area contributed by atoms with Crippen molar-refractivity contribution < 1.29 is 9.84 Å². The first-order valence-corrected chi connectivity index (χ1v) is 3.28. The van der Waals surface area contributed by atoms with E-state index in [4.69, 9.17) is 4.74 Å². The number of ether oxygens (including phenoxy) is 1. The van der Waals surface area contributed by atoms with Crippen LogP contribution >= 0.6 is 0 Å². The van der Waals surface area contributed by atoms with Gasteiger partial charge in [0, 0.05) is 13.1 Å². The summed E-state index contributed by atoms with van der Waals surface area (Å²) in [5.41, 5.74) is 0. The van der Waals surface area contributed by atoms with Crippen molar-refractivity contribution in [1.82, 2.24) is 4.90 Å². The zero-order chi connectivity index (χ0) is 6.69. The van der Waals surface area contributed by atoms with Gasteiger partial charge in [-0.05, 0) is 6.92 Å². The Bertz CT molecular complexity index is 79.1. The zero-order valence-corrected chi connectivity index (χ0v) is 5.67. The smallest absolute Gasteiger partial charge is 0.143 e. The van der Waals surface area contributed by atoms with Gasteiger partial charge < -0.3 is 4.74 Å². The minimum atomic E-state index is -0.561. The molecule has 0 spiro atoms. The molecule has 1 aliphatic rings. The molecule has 1 aliphatic heterocycles. The van der Waals surface area contributed by atoms with E-state index in [1.165, 1.54) is 0 Å². The molecule has 3 nitrogen and oxygen atoms in total. The van der Waals surface area contributed by atoms with Gasteiger partial charge in [-0.25, -0.2) is 5.11 Å². The molecule has 0 aliphatic carbocycles. The van der Waals surface area contributed by atoms with Crippen molar-refractivity contribution in [3.63, 3.8) is 0 Å². The Balaban J connectivity index is 2.23. The Kier molecular flexibility index (Phi) is 2.45. The maximum Gasteiger partial charge on any atom is 0.143 e. The second-order valence-electron chi connectivity index (χ2n) is 2.25. The topological polar surface area (TPSA) is 32.4 Å². The fraction of sp³-hybridized carbons (Fsp3) is 1.00. The van der Waals surface area contributed by atoms with Crippen LogP contribution in [0, 0.1) is 0 Å². The molecular formula is C6H12NO2. The first-order chi connectivity index (χ1) is 4.30. The molecule has 0 amide bonds. The Labute approximate surface area is 55.2 Å². The van der Waals surface area contributed by atoms with E-state index < -0.39 is 6.23 Å². The minimum Gasteiger partial charge on any atom is -0.379 e. The average molecular weight is 130 g/mol. The fourth-order valence-electron chi connectivity index (χ4n) is 0.941. The normalized spacial score (nSPS) is 26.0. The standard InChI is InChI=1S/C6H12NO2/c1-6(8)7-2-4-9-5-3-7/h6H,2-5H2,1H3/t6-/m0/s1. The third kappa shape index (κ3) is 1.93. The van der Waals surface area contributed by atoms with Crippen molar-refractivity contribution in [3.05, 3.63) is 0 Å². The van der Waals surface area contributed by atoms with E-state index in [1.54, 1.807) is 6.92 Å². The van der Waals surface area contributed by atoms with Gasteiger partial charge in [0.25, 0.3) is 0 Å². The second-order valence-corrected chi connectivity index (χ2v) is 2.25. The summed E-state index contributed by atoms with van der Waals surface area (Å²) >= 11 is 0. The molecule has 1 fully saturated rings. The van der Waals surface area contributed by atoms with Crippen LogP contribution in [0.4, 0.5) is 0 Å². The highest BCUT2D eigenvalue weighted by molar-refractivity contribution is 4.60. The predicted molar refractivity (Wildman–Crippen MR) is 32.5 cm³/mol. The lowest BCUT2D eigenvalue weighted by Gasteiger charge is -2.27. The molecule has 0 unspecified atom stereocenters. The Hall–Kier alpha value is -0.120. The van der Waals surface area contributed by atoms with Crippen LogP contribution in [0.5, 0.6) is 0 Å². The van der Waals surface area contributed by atoms with Gasteiger partial charge in [-0.3, -0.25) is 4.90 Å². The summed E-state index contributed by atoms with van der Waals surface area (Å²) in [5.74, 6) is 0. The van der Waals surface area contributed by atoms with Crippen molar-refractivity contribution in [2.45, 2.75) is 13.2 Å². The highest BCUT2D eigenvalue weighted by Gasteiger charge is 2.14. The van der Waals surface area contributed by atoms with Gasteiger partial charge in [-0.2, -0.15) is 0 Å². The molecule has 0 aromatic rings. The number of nitrogens with zero attached hydrogens (tertiary/aromatic N) is 1. The van der Waals surface area contributed by atoms with Gasteiger partial charge in [0.1, 0.15) is 6.23 Å². The molecule has 0 saturated carbocycles. The number of rotatable bonds is 1. The first-order valence-electron chi connectivity index (χ1n) is 3.28. The van der Waals surface area contributed by atoms with Crippen molar-refractivity contribution in [1.29, 1.82) is 0 Å². The van der Waals surface area contributed by atoms with E-state index in [0.29, 0.717) is 13.2 Å². The molecule has 0 aromatic heterocycles. The van der Waals surface area contributed by atoms with Crippen molar-refractivity contribution in [2.75, 3.05) is 26.3 Å². The molecule has 1 rings (SSSR count). The van der Waals surface area contributed by atoms with Gasteiger partial charge in [0.2, 0.25) is 0 Å². The molecule has 0 bridgehead atoms. The van der Waals surface area contributed by atoms with Crippen molar-refractivity contribution >= 4 is 0 Å². The highest BCUT2D eigenvalue weighted by atomic mass is 16.5. The van der Waals surface area contributed by atoms with Crippen LogP contribution in [0.3, 0.4) is 0 Å². The number of hydrogen-bond donors (Lipinski definition) is 0. The average Bonchev–Trinajstić information content (AvgIpc) is 1.90. The SMILES string of the molecule is C[C@H]([O])N1CCOCC1. The molecule has 1 radical (unpaired) electrons. The number of morpholine rings is 1. The summed E-state index contributed by atoms with van der Waals surface area (Å²) in [5, 5.41) is 10.8. The maximum atomic E-state index is 10.8. The first kappa shape index (κ1) is 6.99. The zero-order valence-electron chi connectivity index (χ0n) is 5.67. The summed E-state index contributed by atoms with van der Waals surface area (Å²) in [7, 11) is 0. The predicted octanol–water partition coefficient (Wildman–Crippen LogP) is 0.0951. The van der Waals surface area contributed by atoms with E-state index in [9.17, 15) is 5.11 Å². The molecular weight excluding hydrogens is 118 g/mol. The van der Waals surface area contributed by atoms with Gasteiger partial charge >= 0.3 is 0 Å². The molecule has 1 atom stereocenters. The summed E-state index contributed by atoms with van der Waals surface area (Å²) in [6.45, 7) is 4.69. The lowest BCUT2D eigenvalue weighted by molar-refractivity contribution is -0.0805. The lowest BCUT2D eigenvalue weighted by atomic mass is 10.4. The van der Waals surface area contributed by atoms with E-state index in [1.807, 2.05) is 4.90 Å². The van der Waals surface area contributed by atoms with Crippen LogP contribution in [0.2, 0.25) is 0 Å². The van der Waals surface area contributed by atoms with Crippen LogP contribution in [0.25, 0.3) is 0 Å². The van der Waals surface area contributed by atoms with Crippen LogP contribution < -0.4 is 0 Å². The van der Waals surface area contributed by atoms with E-state index in [2.05, 4.69) is 0 Å². The summed E-state index contributed by atoms with van der Waals surface area (Å²) < 4.78 is 5.07. The van der Waals surface area contributed by atoms with Crippen LogP contribution in [0.1, 0.15) is 6.92 Å². The third-order valence-corrected chi connectivity index (χ3v) is 1.56. The highest BCUT2D eigenvalue weighted by Crippen LogP contribution is 1.99. The molecule has 9 heavy (non-hydrogen) atoms. The largest absolute Gasteiger partial charge is 0.379 e. The van der Waals surface area contributed by atoms with Crippen molar-refractivity contribution in [2.24, 2.45) is 0 Å². The Morgan fingerprint density at radius 3 is 2.33 bits per heavy atom. The van der Waals surface area contributed by atoms with Gasteiger partial charge in [-0.1, -0.05) is 0 Å². The summed E-state index contributed by atoms with van der Waals surface area (Å²) in [6.07, 6.45) is -0.561. The molecule has 0 N–H and O–H groups in total. The summed E-state index contributed by atoms with van der Waals surface area (Å²) in [6, 6.07) is 0. The van der Waals surface area contributed by atoms with E-state index in [0.717, 1.165) is 13.1 Å². The molecule has 1 saturated heterocycles.